The van der Waals surface area contributed by atoms with Crippen LogP contribution in [0.5, 0.6) is 0 Å². The summed E-state index contributed by atoms with van der Waals surface area (Å²) in [7, 11) is 1.65. The van der Waals surface area contributed by atoms with Crippen LogP contribution in [0.4, 0.5) is 4.39 Å². The van der Waals surface area contributed by atoms with Crippen molar-refractivity contribution < 1.29 is 13.7 Å². The lowest BCUT2D eigenvalue weighted by Gasteiger charge is -2.22. The minimum Gasteiger partial charge on any atom is -0.370 e. The van der Waals surface area contributed by atoms with E-state index >= 15 is 0 Å². The number of benzene rings is 1. The predicted octanol–water partition coefficient (Wildman–Crippen LogP) is 3.17. The highest BCUT2D eigenvalue weighted by Crippen LogP contribution is 2.41. The number of halogens is 1. The second-order valence-corrected chi connectivity index (χ2v) is 5.55. The molecule has 0 bridgehead atoms. The maximum atomic E-state index is 14.2. The van der Waals surface area contributed by atoms with E-state index in [9.17, 15) is 4.39 Å². The number of aromatic nitrogens is 4. The lowest BCUT2D eigenvalue weighted by atomic mass is 10.0. The number of imidazole rings is 1. The lowest BCUT2D eigenvalue weighted by molar-refractivity contribution is -0.0178. The quantitative estimate of drug-likeness (QED) is 0.804. The van der Waals surface area contributed by atoms with Crippen LogP contribution < -0.4 is 0 Å². The molecule has 2 heterocycles. The molecule has 0 amide bonds. The van der Waals surface area contributed by atoms with Crippen LogP contribution in [-0.4, -0.2) is 27.2 Å². The number of hydrogen-bond donors (Lipinski definition) is 1. The molecule has 0 aliphatic heterocycles. The van der Waals surface area contributed by atoms with Gasteiger partial charge in [0, 0.05) is 7.11 Å². The van der Waals surface area contributed by atoms with Gasteiger partial charge in [0.15, 0.2) is 0 Å². The molecule has 1 aliphatic carbocycles. The number of aromatic amines is 1. The minimum absolute atomic E-state index is 0.133. The standard InChI is InChI=1S/C15H15FN4O2/c1-21-15(6-2-3-7-15)14-19-13(22-20-14)11-9(16)4-5-10-12(11)18-8-17-10/h4-5,8H,2-3,6-7H2,1H3,(H,17,18). The van der Waals surface area contributed by atoms with Gasteiger partial charge in [0.25, 0.3) is 5.89 Å². The number of ether oxygens (including phenoxy) is 1. The number of H-pyrrole nitrogens is 1. The summed E-state index contributed by atoms with van der Waals surface area (Å²) in [6.07, 6.45) is 5.32. The molecule has 1 N–H and O–H groups in total. The number of rotatable bonds is 3. The van der Waals surface area contributed by atoms with Crippen LogP contribution in [0.2, 0.25) is 0 Å². The smallest absolute Gasteiger partial charge is 0.263 e. The highest BCUT2D eigenvalue weighted by molar-refractivity contribution is 5.89. The fraction of sp³-hybridized carbons (Fsp3) is 0.400. The van der Waals surface area contributed by atoms with Gasteiger partial charge >= 0.3 is 0 Å². The molecule has 22 heavy (non-hydrogen) atoms. The second-order valence-electron chi connectivity index (χ2n) is 5.55. The average Bonchev–Trinajstić information content (AvgIpc) is 3.27. The molecule has 0 spiro atoms. The first-order valence-corrected chi connectivity index (χ1v) is 7.25. The fourth-order valence-corrected chi connectivity index (χ4v) is 3.16. The summed E-state index contributed by atoms with van der Waals surface area (Å²) in [6.45, 7) is 0. The molecule has 0 atom stereocenters. The Morgan fingerprint density at radius 1 is 1.32 bits per heavy atom. The summed E-state index contributed by atoms with van der Waals surface area (Å²) in [4.78, 5) is 11.5. The maximum absolute atomic E-state index is 14.2. The van der Waals surface area contributed by atoms with Crippen LogP contribution in [0.25, 0.3) is 22.5 Å². The normalized spacial score (nSPS) is 17.4. The molecule has 114 valence electrons. The first-order chi connectivity index (χ1) is 10.7. The molecule has 0 unspecified atom stereocenters. The molecule has 6 nitrogen and oxygen atoms in total. The van der Waals surface area contributed by atoms with Crippen molar-refractivity contribution in [1.29, 1.82) is 0 Å². The Bertz CT molecular complexity index is 820. The van der Waals surface area contributed by atoms with Gasteiger partial charge in [-0.25, -0.2) is 9.37 Å². The maximum Gasteiger partial charge on any atom is 0.263 e. The van der Waals surface area contributed by atoms with Crippen LogP contribution in [0, 0.1) is 5.82 Å². The van der Waals surface area contributed by atoms with Crippen molar-refractivity contribution in [3.05, 3.63) is 30.1 Å². The van der Waals surface area contributed by atoms with E-state index < -0.39 is 11.4 Å². The molecule has 0 saturated heterocycles. The lowest BCUT2D eigenvalue weighted by Crippen LogP contribution is -2.25. The van der Waals surface area contributed by atoms with Gasteiger partial charge in [0.05, 0.1) is 11.8 Å². The van der Waals surface area contributed by atoms with Crippen molar-refractivity contribution >= 4 is 11.0 Å². The third-order valence-corrected chi connectivity index (χ3v) is 4.39. The molecule has 3 aromatic rings. The Morgan fingerprint density at radius 3 is 2.91 bits per heavy atom. The van der Waals surface area contributed by atoms with Crippen LogP contribution in [-0.2, 0) is 10.3 Å². The second kappa shape index (κ2) is 4.88. The molecule has 0 radical (unpaired) electrons. The molecular weight excluding hydrogens is 287 g/mol. The largest absolute Gasteiger partial charge is 0.370 e. The van der Waals surface area contributed by atoms with E-state index in [1.807, 2.05) is 0 Å². The first kappa shape index (κ1) is 13.4. The number of fused-ring (bicyclic) bond motifs is 1. The average molecular weight is 302 g/mol. The molecular formula is C15H15FN4O2. The zero-order valence-corrected chi connectivity index (χ0v) is 12.1. The van der Waals surface area contributed by atoms with E-state index in [2.05, 4.69) is 20.1 Å². The third-order valence-electron chi connectivity index (χ3n) is 4.39. The number of methoxy groups -OCH3 is 1. The summed E-state index contributed by atoms with van der Waals surface area (Å²) in [5.41, 5.74) is 0.908. The van der Waals surface area contributed by atoms with Gasteiger partial charge in [-0.3, -0.25) is 0 Å². The van der Waals surface area contributed by atoms with Crippen LogP contribution in [0.15, 0.2) is 23.0 Å². The molecule has 1 saturated carbocycles. The highest BCUT2D eigenvalue weighted by atomic mass is 19.1. The van der Waals surface area contributed by atoms with Crippen LogP contribution in [0.1, 0.15) is 31.5 Å². The van der Waals surface area contributed by atoms with Gasteiger partial charge < -0.3 is 14.2 Å². The molecule has 7 heteroatoms. The minimum atomic E-state index is -0.516. The monoisotopic (exact) mass is 302 g/mol. The Hall–Kier alpha value is -2.28. The summed E-state index contributed by atoms with van der Waals surface area (Å²) in [6, 6.07) is 2.99. The molecule has 1 fully saturated rings. The van der Waals surface area contributed by atoms with Gasteiger partial charge in [-0.1, -0.05) is 5.16 Å². The SMILES string of the molecule is COC1(c2noc(-c3c(F)ccc4[nH]cnc34)n2)CCCC1. The summed E-state index contributed by atoms with van der Waals surface area (Å²) < 4.78 is 25.2. The van der Waals surface area contributed by atoms with Crippen molar-refractivity contribution in [2.24, 2.45) is 0 Å². The Labute approximate surface area is 125 Å². The highest BCUT2D eigenvalue weighted by Gasteiger charge is 2.40. The molecule has 2 aromatic heterocycles. The number of nitrogens with one attached hydrogen (secondary N) is 1. The van der Waals surface area contributed by atoms with Gasteiger partial charge in [0.2, 0.25) is 5.82 Å². The van der Waals surface area contributed by atoms with Crippen LogP contribution in [0.3, 0.4) is 0 Å². The van der Waals surface area contributed by atoms with E-state index in [4.69, 9.17) is 9.26 Å². The van der Waals surface area contributed by atoms with E-state index in [0.29, 0.717) is 11.3 Å². The third kappa shape index (κ3) is 1.85. The van der Waals surface area contributed by atoms with Crippen molar-refractivity contribution in [3.63, 3.8) is 0 Å². The Morgan fingerprint density at radius 2 is 2.14 bits per heavy atom. The van der Waals surface area contributed by atoms with Gasteiger partial charge in [0.1, 0.15) is 22.5 Å². The van der Waals surface area contributed by atoms with Crippen LogP contribution >= 0.6 is 0 Å². The van der Waals surface area contributed by atoms with E-state index in [0.717, 1.165) is 31.2 Å². The van der Waals surface area contributed by atoms with E-state index in [1.165, 1.54) is 12.4 Å². The predicted molar refractivity (Wildman–Crippen MR) is 76.5 cm³/mol. The van der Waals surface area contributed by atoms with Gasteiger partial charge in [-0.05, 0) is 37.8 Å². The summed E-state index contributed by atoms with van der Waals surface area (Å²) >= 11 is 0. The molecule has 1 aliphatic rings. The van der Waals surface area contributed by atoms with Crippen molar-refractivity contribution in [2.75, 3.05) is 7.11 Å². The molecule has 4 rings (SSSR count). The van der Waals surface area contributed by atoms with Crippen molar-refractivity contribution in [1.82, 2.24) is 20.1 Å². The summed E-state index contributed by atoms with van der Waals surface area (Å²) in [5, 5.41) is 4.03. The van der Waals surface area contributed by atoms with Crippen molar-refractivity contribution in [2.45, 2.75) is 31.3 Å². The Kier molecular flexibility index (Phi) is 2.97. The summed E-state index contributed by atoms with van der Waals surface area (Å²) in [5.74, 6) is 0.177. The van der Waals surface area contributed by atoms with E-state index in [-0.39, 0.29) is 11.5 Å². The topological polar surface area (TPSA) is 76.8 Å². The first-order valence-electron chi connectivity index (χ1n) is 7.25. The fourth-order valence-electron chi connectivity index (χ4n) is 3.16. The Balaban J connectivity index is 1.84. The zero-order valence-electron chi connectivity index (χ0n) is 12.1. The molecule has 1 aromatic carbocycles. The van der Waals surface area contributed by atoms with Gasteiger partial charge in [-0.15, -0.1) is 0 Å². The number of nitrogens with zero attached hydrogens (tertiary/aromatic N) is 3. The van der Waals surface area contributed by atoms with Gasteiger partial charge in [-0.2, -0.15) is 4.98 Å². The number of hydrogen-bond acceptors (Lipinski definition) is 5. The van der Waals surface area contributed by atoms with Crippen molar-refractivity contribution in [3.8, 4) is 11.5 Å². The zero-order chi connectivity index (χ0) is 15.2. The van der Waals surface area contributed by atoms with E-state index in [1.54, 1.807) is 13.2 Å².